The van der Waals surface area contributed by atoms with E-state index in [1.54, 1.807) is 6.07 Å². The number of rotatable bonds is 4. The van der Waals surface area contributed by atoms with Crippen molar-refractivity contribution in [1.29, 1.82) is 0 Å². The Kier molecular flexibility index (Phi) is 4.72. The van der Waals surface area contributed by atoms with Crippen LogP contribution in [0, 0.1) is 0 Å². The molecule has 100 valence electrons. The molecule has 2 aromatic rings. The first-order chi connectivity index (χ1) is 9.11. The summed E-state index contributed by atoms with van der Waals surface area (Å²) in [6, 6.07) is 13.2. The van der Waals surface area contributed by atoms with Crippen LogP contribution in [0.4, 0.5) is 5.69 Å². The van der Waals surface area contributed by atoms with E-state index in [-0.39, 0.29) is 6.04 Å². The molecule has 4 heteroatoms. The molecule has 0 radical (unpaired) electrons. The van der Waals surface area contributed by atoms with Crippen molar-refractivity contribution in [2.75, 3.05) is 5.32 Å². The van der Waals surface area contributed by atoms with Crippen molar-refractivity contribution in [2.24, 2.45) is 0 Å². The van der Waals surface area contributed by atoms with Gasteiger partial charge in [0.1, 0.15) is 5.75 Å². The summed E-state index contributed by atoms with van der Waals surface area (Å²) in [6.07, 6.45) is 0.866. The zero-order chi connectivity index (χ0) is 13.8. The first-order valence-electron chi connectivity index (χ1n) is 6.11. The van der Waals surface area contributed by atoms with E-state index in [1.165, 1.54) is 0 Å². The maximum absolute atomic E-state index is 9.92. The van der Waals surface area contributed by atoms with Gasteiger partial charge in [0.05, 0.1) is 11.1 Å². The molecular weight excluding hydrogens is 326 g/mol. The standard InChI is InChI=1S/C15H15BrClNO/c1-2-14(11-5-3-4-6-15(11)19)18-10-7-8-12(16)13(17)9-10/h3-9,14,18-19H,2H2,1H3. The second-order valence-electron chi connectivity index (χ2n) is 4.29. The molecule has 19 heavy (non-hydrogen) atoms. The molecule has 0 aliphatic rings. The van der Waals surface area contributed by atoms with Gasteiger partial charge < -0.3 is 10.4 Å². The maximum Gasteiger partial charge on any atom is 0.120 e. The van der Waals surface area contributed by atoms with Crippen LogP contribution in [0.2, 0.25) is 5.02 Å². The molecule has 2 rings (SSSR count). The number of para-hydroxylation sites is 1. The Labute approximate surface area is 126 Å². The highest BCUT2D eigenvalue weighted by molar-refractivity contribution is 9.10. The predicted octanol–water partition coefficient (Wildman–Crippen LogP) is 5.37. The van der Waals surface area contributed by atoms with Gasteiger partial charge in [-0.15, -0.1) is 0 Å². The minimum Gasteiger partial charge on any atom is -0.508 e. The normalized spacial score (nSPS) is 12.2. The van der Waals surface area contributed by atoms with Crippen LogP contribution in [-0.4, -0.2) is 5.11 Å². The van der Waals surface area contributed by atoms with Crippen molar-refractivity contribution >= 4 is 33.2 Å². The summed E-state index contributed by atoms with van der Waals surface area (Å²) in [7, 11) is 0. The summed E-state index contributed by atoms with van der Waals surface area (Å²) in [6.45, 7) is 2.07. The number of benzene rings is 2. The van der Waals surface area contributed by atoms with E-state index in [4.69, 9.17) is 11.6 Å². The SMILES string of the molecule is CCC(Nc1ccc(Br)c(Cl)c1)c1ccccc1O. The highest BCUT2D eigenvalue weighted by Crippen LogP contribution is 2.31. The lowest BCUT2D eigenvalue weighted by Crippen LogP contribution is -2.09. The van der Waals surface area contributed by atoms with Gasteiger partial charge in [-0.1, -0.05) is 36.7 Å². The lowest BCUT2D eigenvalue weighted by atomic mass is 10.0. The van der Waals surface area contributed by atoms with Crippen molar-refractivity contribution in [3.63, 3.8) is 0 Å². The highest BCUT2D eigenvalue weighted by atomic mass is 79.9. The van der Waals surface area contributed by atoms with Gasteiger partial charge in [-0.3, -0.25) is 0 Å². The van der Waals surface area contributed by atoms with E-state index in [2.05, 4.69) is 28.2 Å². The molecular formula is C15H15BrClNO. The molecule has 0 saturated heterocycles. The Bertz CT molecular complexity index is 574. The van der Waals surface area contributed by atoms with Gasteiger partial charge in [-0.25, -0.2) is 0 Å². The van der Waals surface area contributed by atoms with E-state index < -0.39 is 0 Å². The second-order valence-corrected chi connectivity index (χ2v) is 5.55. The number of anilines is 1. The molecule has 0 aromatic heterocycles. The van der Waals surface area contributed by atoms with Gasteiger partial charge in [0.2, 0.25) is 0 Å². The number of nitrogens with one attached hydrogen (secondary N) is 1. The predicted molar refractivity (Wildman–Crippen MR) is 83.9 cm³/mol. The third-order valence-corrected chi connectivity index (χ3v) is 4.21. The molecule has 0 spiro atoms. The molecule has 2 nitrogen and oxygen atoms in total. The van der Waals surface area contributed by atoms with Crippen molar-refractivity contribution in [3.05, 3.63) is 57.5 Å². The molecule has 0 aliphatic heterocycles. The third kappa shape index (κ3) is 3.43. The quantitative estimate of drug-likeness (QED) is 0.784. The van der Waals surface area contributed by atoms with Crippen molar-refractivity contribution in [3.8, 4) is 5.75 Å². The maximum atomic E-state index is 9.92. The molecule has 0 fully saturated rings. The van der Waals surface area contributed by atoms with Crippen LogP contribution in [0.5, 0.6) is 5.75 Å². The summed E-state index contributed by atoms with van der Waals surface area (Å²) in [5.74, 6) is 0.310. The van der Waals surface area contributed by atoms with Crippen LogP contribution in [0.1, 0.15) is 24.9 Å². The number of phenolic OH excluding ortho intramolecular Hbond substituents is 1. The van der Waals surface area contributed by atoms with E-state index >= 15 is 0 Å². The minimum absolute atomic E-state index is 0.0541. The van der Waals surface area contributed by atoms with Crippen LogP contribution in [0.15, 0.2) is 46.9 Å². The van der Waals surface area contributed by atoms with Crippen LogP contribution in [0.3, 0.4) is 0 Å². The second kappa shape index (κ2) is 6.31. The Morgan fingerprint density at radius 2 is 2.00 bits per heavy atom. The van der Waals surface area contributed by atoms with E-state index in [9.17, 15) is 5.11 Å². The average Bonchev–Trinajstić information content (AvgIpc) is 2.41. The van der Waals surface area contributed by atoms with Crippen molar-refractivity contribution < 1.29 is 5.11 Å². The largest absolute Gasteiger partial charge is 0.508 e. The molecule has 0 saturated carbocycles. The Morgan fingerprint density at radius 1 is 1.26 bits per heavy atom. The monoisotopic (exact) mass is 339 g/mol. The molecule has 0 bridgehead atoms. The smallest absolute Gasteiger partial charge is 0.120 e. The molecule has 0 aliphatic carbocycles. The summed E-state index contributed by atoms with van der Waals surface area (Å²) < 4.78 is 0.871. The van der Waals surface area contributed by atoms with E-state index in [0.29, 0.717) is 10.8 Å². The first-order valence-corrected chi connectivity index (χ1v) is 7.28. The fraction of sp³-hybridized carbons (Fsp3) is 0.200. The summed E-state index contributed by atoms with van der Waals surface area (Å²) >= 11 is 9.45. The molecule has 2 N–H and O–H groups in total. The molecule has 1 unspecified atom stereocenters. The fourth-order valence-electron chi connectivity index (χ4n) is 1.97. The number of halogens is 2. The number of hydrogen-bond donors (Lipinski definition) is 2. The summed E-state index contributed by atoms with van der Waals surface area (Å²) in [5, 5.41) is 14.0. The lowest BCUT2D eigenvalue weighted by molar-refractivity contribution is 0.463. The summed E-state index contributed by atoms with van der Waals surface area (Å²) in [4.78, 5) is 0. The van der Waals surface area contributed by atoms with Crippen molar-refractivity contribution in [1.82, 2.24) is 0 Å². The van der Waals surface area contributed by atoms with E-state index in [1.807, 2.05) is 36.4 Å². The van der Waals surface area contributed by atoms with Gasteiger partial charge in [0.15, 0.2) is 0 Å². The van der Waals surface area contributed by atoms with Crippen LogP contribution < -0.4 is 5.32 Å². The molecule has 0 heterocycles. The van der Waals surface area contributed by atoms with E-state index in [0.717, 1.165) is 22.1 Å². The van der Waals surface area contributed by atoms with Crippen LogP contribution >= 0.6 is 27.5 Å². The van der Waals surface area contributed by atoms with Crippen LogP contribution in [-0.2, 0) is 0 Å². The van der Waals surface area contributed by atoms with Gasteiger partial charge >= 0.3 is 0 Å². The minimum atomic E-state index is 0.0541. The number of hydrogen-bond acceptors (Lipinski definition) is 2. The molecule has 0 amide bonds. The third-order valence-electron chi connectivity index (χ3n) is 2.98. The van der Waals surface area contributed by atoms with Crippen LogP contribution in [0.25, 0.3) is 0 Å². The Hall–Kier alpha value is -1.19. The average molecular weight is 341 g/mol. The molecule has 2 aromatic carbocycles. The van der Waals surface area contributed by atoms with Gasteiger partial charge in [0, 0.05) is 15.7 Å². The summed E-state index contributed by atoms with van der Waals surface area (Å²) in [5.41, 5.74) is 1.83. The van der Waals surface area contributed by atoms with Gasteiger partial charge in [0.25, 0.3) is 0 Å². The fourth-order valence-corrected chi connectivity index (χ4v) is 2.40. The number of aromatic hydroxyl groups is 1. The van der Waals surface area contributed by atoms with Gasteiger partial charge in [-0.05, 0) is 46.6 Å². The zero-order valence-corrected chi connectivity index (χ0v) is 12.9. The Balaban J connectivity index is 2.24. The first kappa shape index (κ1) is 14.2. The number of phenols is 1. The zero-order valence-electron chi connectivity index (χ0n) is 10.5. The highest BCUT2D eigenvalue weighted by Gasteiger charge is 2.13. The van der Waals surface area contributed by atoms with Gasteiger partial charge in [-0.2, -0.15) is 0 Å². The topological polar surface area (TPSA) is 32.3 Å². The van der Waals surface area contributed by atoms with Crippen molar-refractivity contribution in [2.45, 2.75) is 19.4 Å². The molecule has 1 atom stereocenters. The lowest BCUT2D eigenvalue weighted by Gasteiger charge is -2.20. The Morgan fingerprint density at radius 3 is 2.63 bits per heavy atom.